The van der Waals surface area contributed by atoms with Gasteiger partial charge in [0, 0.05) is 5.56 Å². The number of aromatic nitrogens is 3. The summed E-state index contributed by atoms with van der Waals surface area (Å²) in [6.45, 7) is 0. The molecule has 0 fully saturated rings. The molecule has 0 saturated heterocycles. The number of hydrogen-bond acceptors (Lipinski definition) is 4. The summed E-state index contributed by atoms with van der Waals surface area (Å²) < 4.78 is 0. The molecule has 0 saturated carbocycles. The van der Waals surface area contributed by atoms with Gasteiger partial charge in [-0.1, -0.05) is 41.6 Å². The molecule has 3 aromatic rings. The quantitative estimate of drug-likeness (QED) is 0.776. The zero-order chi connectivity index (χ0) is 14.7. The normalized spacial score (nSPS) is 9.81. The van der Waals surface area contributed by atoms with Crippen LogP contribution in [-0.4, -0.2) is 15.4 Å². The zero-order valence-corrected chi connectivity index (χ0v) is 10.9. The van der Waals surface area contributed by atoms with Crippen LogP contribution in [0.15, 0.2) is 48.5 Å². The first-order chi connectivity index (χ1) is 10.3. The van der Waals surface area contributed by atoms with Crippen LogP contribution < -0.4 is 0 Å². The highest BCUT2D eigenvalue weighted by Crippen LogP contribution is 2.25. The van der Waals surface area contributed by atoms with Crippen molar-refractivity contribution in [3.8, 4) is 34.5 Å². The molecule has 0 aliphatic heterocycles. The van der Waals surface area contributed by atoms with Crippen molar-refractivity contribution in [2.24, 2.45) is 0 Å². The van der Waals surface area contributed by atoms with Gasteiger partial charge in [0.15, 0.2) is 5.69 Å². The summed E-state index contributed by atoms with van der Waals surface area (Å²) in [7, 11) is 0. The highest BCUT2D eigenvalue weighted by Gasteiger charge is 2.09. The molecular formula is C16H9N5. The van der Waals surface area contributed by atoms with Gasteiger partial charge in [0.2, 0.25) is 0 Å². The number of hydrogen-bond donors (Lipinski definition) is 1. The van der Waals surface area contributed by atoms with Crippen molar-refractivity contribution in [2.45, 2.75) is 0 Å². The van der Waals surface area contributed by atoms with Gasteiger partial charge in [-0.25, -0.2) is 5.10 Å². The van der Waals surface area contributed by atoms with E-state index >= 15 is 0 Å². The Morgan fingerprint density at radius 2 is 1.33 bits per heavy atom. The van der Waals surface area contributed by atoms with E-state index in [2.05, 4.69) is 21.5 Å². The molecule has 98 valence electrons. The zero-order valence-electron chi connectivity index (χ0n) is 10.9. The predicted molar refractivity (Wildman–Crippen MR) is 76.7 cm³/mol. The summed E-state index contributed by atoms with van der Waals surface area (Å²) in [6, 6.07) is 19.2. The van der Waals surface area contributed by atoms with Crippen LogP contribution in [-0.2, 0) is 0 Å². The fourth-order valence-electron chi connectivity index (χ4n) is 2.07. The number of aromatic amines is 1. The van der Waals surface area contributed by atoms with Gasteiger partial charge in [0.25, 0.3) is 0 Å². The molecule has 0 radical (unpaired) electrons. The summed E-state index contributed by atoms with van der Waals surface area (Å²) in [4.78, 5) is 0. The number of H-pyrrole nitrogens is 1. The van der Waals surface area contributed by atoms with Crippen molar-refractivity contribution in [2.75, 3.05) is 0 Å². The van der Waals surface area contributed by atoms with Gasteiger partial charge >= 0.3 is 0 Å². The lowest BCUT2D eigenvalue weighted by atomic mass is 10.0. The van der Waals surface area contributed by atoms with Gasteiger partial charge in [-0.3, -0.25) is 0 Å². The van der Waals surface area contributed by atoms with Crippen LogP contribution in [0.5, 0.6) is 0 Å². The highest BCUT2D eigenvalue weighted by molar-refractivity contribution is 5.70. The minimum Gasteiger partial charge on any atom is -0.247 e. The summed E-state index contributed by atoms with van der Waals surface area (Å²) >= 11 is 0. The monoisotopic (exact) mass is 271 g/mol. The van der Waals surface area contributed by atoms with Crippen LogP contribution in [0.4, 0.5) is 0 Å². The second-order valence-electron chi connectivity index (χ2n) is 4.41. The summed E-state index contributed by atoms with van der Waals surface area (Å²) in [5, 5.41) is 27.9. The fourth-order valence-corrected chi connectivity index (χ4v) is 2.07. The Balaban J connectivity index is 1.94. The van der Waals surface area contributed by atoms with Gasteiger partial charge in [0.1, 0.15) is 11.8 Å². The van der Waals surface area contributed by atoms with Crippen molar-refractivity contribution >= 4 is 0 Å². The van der Waals surface area contributed by atoms with E-state index in [1.54, 1.807) is 12.1 Å². The Hall–Kier alpha value is -3.44. The first-order valence-corrected chi connectivity index (χ1v) is 6.24. The van der Waals surface area contributed by atoms with E-state index in [9.17, 15) is 0 Å². The summed E-state index contributed by atoms with van der Waals surface area (Å²) in [5.41, 5.74) is 4.42. The first-order valence-electron chi connectivity index (χ1n) is 6.24. The minimum atomic E-state index is 0.348. The maximum absolute atomic E-state index is 8.96. The average molecular weight is 271 g/mol. The molecule has 1 N–H and O–H groups in total. The molecule has 1 heterocycles. The molecule has 0 amide bonds. The van der Waals surface area contributed by atoms with Crippen LogP contribution in [0.25, 0.3) is 22.4 Å². The van der Waals surface area contributed by atoms with E-state index in [0.29, 0.717) is 17.0 Å². The maximum Gasteiger partial charge on any atom is 0.163 e. The van der Waals surface area contributed by atoms with Gasteiger partial charge in [-0.15, -0.1) is 5.10 Å². The fraction of sp³-hybridized carbons (Fsp3) is 0. The number of nitrogens with one attached hydrogen (secondary N) is 1. The second-order valence-corrected chi connectivity index (χ2v) is 4.41. The molecule has 0 spiro atoms. The molecular weight excluding hydrogens is 262 g/mol. The Labute approximate surface area is 121 Å². The van der Waals surface area contributed by atoms with E-state index in [-0.39, 0.29) is 0 Å². The van der Waals surface area contributed by atoms with Crippen LogP contribution >= 0.6 is 0 Å². The van der Waals surface area contributed by atoms with Gasteiger partial charge in [-0.2, -0.15) is 10.5 Å². The molecule has 0 aliphatic rings. The number of nitrogens with zero attached hydrogens (tertiary/aromatic N) is 4. The molecule has 1 aromatic heterocycles. The standard InChI is InChI=1S/C16H9N5/c17-9-11-1-3-12(4-2-11)13-5-7-14(8-6-13)16-15(10-18)19-21-20-16/h1-8H,(H,19,20,21). The van der Waals surface area contributed by atoms with Crippen molar-refractivity contribution in [1.82, 2.24) is 15.4 Å². The lowest BCUT2D eigenvalue weighted by Crippen LogP contribution is -1.84. The molecule has 2 aromatic carbocycles. The van der Waals surface area contributed by atoms with Crippen molar-refractivity contribution < 1.29 is 0 Å². The van der Waals surface area contributed by atoms with Crippen molar-refractivity contribution in [3.63, 3.8) is 0 Å². The van der Waals surface area contributed by atoms with Crippen LogP contribution in [0.2, 0.25) is 0 Å². The Bertz CT molecular complexity index is 845. The van der Waals surface area contributed by atoms with E-state index in [4.69, 9.17) is 10.5 Å². The molecule has 0 aliphatic carbocycles. The van der Waals surface area contributed by atoms with E-state index < -0.39 is 0 Å². The van der Waals surface area contributed by atoms with Gasteiger partial charge in [0.05, 0.1) is 11.6 Å². The lowest BCUT2D eigenvalue weighted by molar-refractivity contribution is 0.937. The molecule has 3 rings (SSSR count). The average Bonchev–Trinajstić information content (AvgIpc) is 3.04. The second kappa shape index (κ2) is 5.28. The molecule has 0 atom stereocenters. The Kier molecular flexibility index (Phi) is 3.16. The van der Waals surface area contributed by atoms with E-state index in [0.717, 1.165) is 16.7 Å². The molecule has 5 nitrogen and oxygen atoms in total. The summed E-state index contributed by atoms with van der Waals surface area (Å²) in [5.74, 6) is 0. The van der Waals surface area contributed by atoms with E-state index in [1.165, 1.54) is 0 Å². The predicted octanol–water partition coefficient (Wildman–Crippen LogP) is 2.88. The third-order valence-electron chi connectivity index (χ3n) is 3.17. The van der Waals surface area contributed by atoms with Crippen LogP contribution in [0, 0.1) is 22.7 Å². The first kappa shape index (κ1) is 12.6. The van der Waals surface area contributed by atoms with Crippen molar-refractivity contribution in [1.29, 1.82) is 10.5 Å². The minimum absolute atomic E-state index is 0.348. The molecule has 0 unspecified atom stereocenters. The smallest absolute Gasteiger partial charge is 0.163 e. The SMILES string of the molecule is N#Cc1ccc(-c2ccc(-c3nn[nH]c3C#N)cc2)cc1. The van der Waals surface area contributed by atoms with Gasteiger partial charge < -0.3 is 0 Å². The third kappa shape index (κ3) is 2.36. The Morgan fingerprint density at radius 3 is 1.90 bits per heavy atom. The Morgan fingerprint density at radius 1 is 0.762 bits per heavy atom. The molecule has 0 bridgehead atoms. The topological polar surface area (TPSA) is 89.2 Å². The van der Waals surface area contributed by atoms with Crippen molar-refractivity contribution in [3.05, 3.63) is 59.8 Å². The van der Waals surface area contributed by atoms with Crippen LogP contribution in [0.3, 0.4) is 0 Å². The van der Waals surface area contributed by atoms with E-state index in [1.807, 2.05) is 42.5 Å². The number of rotatable bonds is 2. The highest BCUT2D eigenvalue weighted by atomic mass is 15.3. The lowest BCUT2D eigenvalue weighted by Gasteiger charge is -2.03. The third-order valence-corrected chi connectivity index (χ3v) is 3.17. The largest absolute Gasteiger partial charge is 0.247 e. The summed E-state index contributed by atoms with van der Waals surface area (Å²) in [6.07, 6.45) is 0. The van der Waals surface area contributed by atoms with Crippen LogP contribution in [0.1, 0.15) is 11.3 Å². The van der Waals surface area contributed by atoms with Gasteiger partial charge in [-0.05, 0) is 23.3 Å². The molecule has 5 heteroatoms. The molecule has 21 heavy (non-hydrogen) atoms. The number of nitriles is 2. The number of benzene rings is 2. The maximum atomic E-state index is 8.96.